The van der Waals surface area contributed by atoms with Gasteiger partial charge in [-0.1, -0.05) is 29.3 Å². The van der Waals surface area contributed by atoms with Crippen LogP contribution in [0.1, 0.15) is 12.2 Å². The molecule has 1 aliphatic heterocycles. The van der Waals surface area contributed by atoms with Crippen LogP contribution >= 0.6 is 23.2 Å². The molecule has 1 aromatic carbocycles. The lowest BCUT2D eigenvalue weighted by Gasteiger charge is -2.27. The molecule has 0 spiro atoms. The van der Waals surface area contributed by atoms with E-state index >= 15 is 0 Å². The van der Waals surface area contributed by atoms with Crippen molar-refractivity contribution in [2.24, 2.45) is 0 Å². The molecule has 6 nitrogen and oxygen atoms in total. The number of carbonyl (C=O) groups excluding carboxylic acids is 1. The molecule has 0 radical (unpaired) electrons. The van der Waals surface area contributed by atoms with Crippen molar-refractivity contribution in [2.45, 2.75) is 19.0 Å². The van der Waals surface area contributed by atoms with E-state index < -0.39 is 15.9 Å². The highest BCUT2D eigenvalue weighted by atomic mass is 35.5. The molecule has 26 heavy (non-hydrogen) atoms. The summed E-state index contributed by atoms with van der Waals surface area (Å²) in [4.78, 5) is 14.2. The topological polar surface area (TPSA) is 76.8 Å². The quantitative estimate of drug-likeness (QED) is 0.720. The van der Waals surface area contributed by atoms with E-state index in [1.165, 1.54) is 11.2 Å². The number of benzene rings is 1. The van der Waals surface area contributed by atoms with E-state index in [1.807, 2.05) is 0 Å². The van der Waals surface area contributed by atoms with E-state index in [9.17, 15) is 13.2 Å². The summed E-state index contributed by atoms with van der Waals surface area (Å²) in [6.07, 6.45) is 1.89. The lowest BCUT2D eigenvalue weighted by Crippen LogP contribution is -2.43. The monoisotopic (exact) mass is 417 g/mol. The van der Waals surface area contributed by atoms with E-state index in [1.54, 1.807) is 30.3 Å². The third-order valence-electron chi connectivity index (χ3n) is 4.13. The molecule has 1 aromatic heterocycles. The first kappa shape index (κ1) is 19.1. The zero-order valence-corrected chi connectivity index (χ0v) is 16.1. The van der Waals surface area contributed by atoms with Crippen LogP contribution in [0.2, 0.25) is 10.0 Å². The van der Waals surface area contributed by atoms with Gasteiger partial charge in [-0.05, 0) is 30.7 Å². The summed E-state index contributed by atoms with van der Waals surface area (Å²) in [5, 5.41) is 0.595. The number of rotatable bonds is 6. The van der Waals surface area contributed by atoms with Crippen LogP contribution in [0.3, 0.4) is 0 Å². The van der Waals surface area contributed by atoms with Crippen LogP contribution in [0.15, 0.2) is 41.0 Å². The number of furan rings is 1. The van der Waals surface area contributed by atoms with Crippen molar-refractivity contribution < 1.29 is 22.4 Å². The third-order valence-corrected chi connectivity index (χ3v) is 6.48. The second-order valence-electron chi connectivity index (χ2n) is 6.00. The summed E-state index contributed by atoms with van der Waals surface area (Å²) in [7, 11) is -3.14. The minimum atomic E-state index is -3.14. The van der Waals surface area contributed by atoms with E-state index in [4.69, 9.17) is 32.4 Å². The predicted molar refractivity (Wildman–Crippen MR) is 98.3 cm³/mol. The lowest BCUT2D eigenvalue weighted by atomic mass is 10.2. The van der Waals surface area contributed by atoms with Crippen LogP contribution in [-0.4, -0.2) is 43.4 Å². The predicted octanol–water partition coefficient (Wildman–Crippen LogP) is 3.18. The Hall–Kier alpha value is -1.70. The summed E-state index contributed by atoms with van der Waals surface area (Å²) >= 11 is 12.1. The van der Waals surface area contributed by atoms with Crippen molar-refractivity contribution in [3.63, 3.8) is 0 Å². The fourth-order valence-corrected chi connectivity index (χ4v) is 5.09. The summed E-state index contributed by atoms with van der Waals surface area (Å²) in [6.45, 7) is -0.133. The molecule has 2 aromatic rings. The molecular weight excluding hydrogens is 401 g/mol. The lowest BCUT2D eigenvalue weighted by molar-refractivity contribution is -0.136. The van der Waals surface area contributed by atoms with Gasteiger partial charge in [0.1, 0.15) is 5.76 Å². The Morgan fingerprint density at radius 3 is 2.54 bits per heavy atom. The van der Waals surface area contributed by atoms with Gasteiger partial charge in [0, 0.05) is 6.04 Å². The Balaban J connectivity index is 1.74. The number of hydrogen-bond acceptors (Lipinski definition) is 5. The zero-order valence-electron chi connectivity index (χ0n) is 13.7. The first-order valence-electron chi connectivity index (χ1n) is 7.95. The highest BCUT2D eigenvalue weighted by Crippen LogP contribution is 2.32. The molecule has 1 atom stereocenters. The van der Waals surface area contributed by atoms with Crippen LogP contribution < -0.4 is 4.74 Å². The molecule has 0 bridgehead atoms. The van der Waals surface area contributed by atoms with Gasteiger partial charge in [-0.3, -0.25) is 4.79 Å². The third kappa shape index (κ3) is 4.52. The molecule has 1 fully saturated rings. The second kappa shape index (κ2) is 7.90. The molecule has 1 aliphatic rings. The van der Waals surface area contributed by atoms with Crippen molar-refractivity contribution in [1.29, 1.82) is 0 Å². The molecule has 0 N–H and O–H groups in total. The minimum absolute atomic E-state index is 0.0632. The number of ether oxygens (including phenoxy) is 1. The average molecular weight is 418 g/mol. The Morgan fingerprint density at radius 1 is 1.23 bits per heavy atom. The van der Waals surface area contributed by atoms with E-state index in [2.05, 4.69) is 0 Å². The molecule has 9 heteroatoms. The second-order valence-corrected chi connectivity index (χ2v) is 9.04. The van der Waals surface area contributed by atoms with E-state index in [-0.39, 0.29) is 36.3 Å². The van der Waals surface area contributed by atoms with Gasteiger partial charge in [0.2, 0.25) is 0 Å². The Kier molecular flexibility index (Phi) is 5.79. The molecule has 0 aliphatic carbocycles. The standard InChI is InChI=1S/C17H17Cl2NO5S/c18-14-4-1-5-15(19)17(14)25-10-16(21)20(9-13-3-2-7-24-13)12-6-8-26(22,23)11-12/h1-5,7,12H,6,8-11H2/t12-/m1/s1. The molecule has 1 saturated heterocycles. The van der Waals surface area contributed by atoms with Crippen LogP contribution in [-0.2, 0) is 21.2 Å². The largest absolute Gasteiger partial charge is 0.481 e. The van der Waals surface area contributed by atoms with Crippen molar-refractivity contribution in [3.8, 4) is 5.75 Å². The number of nitrogens with zero attached hydrogens (tertiary/aromatic N) is 1. The van der Waals surface area contributed by atoms with Gasteiger partial charge in [-0.25, -0.2) is 8.42 Å². The van der Waals surface area contributed by atoms with Crippen molar-refractivity contribution in [1.82, 2.24) is 4.90 Å². The number of halogens is 2. The van der Waals surface area contributed by atoms with E-state index in [0.29, 0.717) is 22.2 Å². The number of amides is 1. The van der Waals surface area contributed by atoms with Crippen LogP contribution in [0.25, 0.3) is 0 Å². The smallest absolute Gasteiger partial charge is 0.261 e. The zero-order chi connectivity index (χ0) is 18.7. The van der Waals surface area contributed by atoms with Gasteiger partial charge >= 0.3 is 0 Å². The van der Waals surface area contributed by atoms with Gasteiger partial charge in [-0.2, -0.15) is 0 Å². The maximum absolute atomic E-state index is 12.7. The van der Waals surface area contributed by atoms with Crippen LogP contribution in [0.4, 0.5) is 0 Å². The fourth-order valence-electron chi connectivity index (χ4n) is 2.85. The first-order valence-corrected chi connectivity index (χ1v) is 10.5. The van der Waals surface area contributed by atoms with E-state index in [0.717, 1.165) is 0 Å². The first-order chi connectivity index (χ1) is 12.4. The molecule has 140 valence electrons. The average Bonchev–Trinajstić information content (AvgIpc) is 3.21. The minimum Gasteiger partial charge on any atom is -0.481 e. The van der Waals surface area contributed by atoms with Gasteiger partial charge in [0.15, 0.2) is 22.2 Å². The molecule has 0 saturated carbocycles. The highest BCUT2D eigenvalue weighted by Gasteiger charge is 2.35. The number of para-hydroxylation sites is 1. The summed E-state index contributed by atoms with van der Waals surface area (Å²) < 4.78 is 34.4. The number of hydrogen-bond donors (Lipinski definition) is 0. The van der Waals surface area contributed by atoms with Gasteiger partial charge < -0.3 is 14.1 Å². The summed E-state index contributed by atoms with van der Waals surface area (Å²) in [5.74, 6) is 0.433. The molecular formula is C17H17Cl2NO5S. The van der Waals surface area contributed by atoms with Crippen molar-refractivity contribution >= 4 is 38.9 Å². The maximum Gasteiger partial charge on any atom is 0.261 e. The van der Waals surface area contributed by atoms with Gasteiger partial charge in [0.25, 0.3) is 5.91 Å². The summed E-state index contributed by atoms with van der Waals surface area (Å²) in [5.41, 5.74) is 0. The fraction of sp³-hybridized carbons (Fsp3) is 0.353. The van der Waals surface area contributed by atoms with Crippen LogP contribution in [0.5, 0.6) is 5.75 Å². The van der Waals surface area contributed by atoms with Gasteiger partial charge in [0.05, 0.1) is 34.4 Å². The molecule has 3 rings (SSSR count). The summed E-state index contributed by atoms with van der Waals surface area (Å²) in [6, 6.07) is 7.92. The Bertz CT molecular complexity index is 862. The molecule has 0 unspecified atom stereocenters. The van der Waals surface area contributed by atoms with Crippen LogP contribution in [0, 0.1) is 0 Å². The highest BCUT2D eigenvalue weighted by molar-refractivity contribution is 7.91. The molecule has 2 heterocycles. The SMILES string of the molecule is O=C(COc1c(Cl)cccc1Cl)N(Cc1ccco1)[C@@H]1CCS(=O)(=O)C1. The van der Waals surface area contributed by atoms with Crippen molar-refractivity contribution in [3.05, 3.63) is 52.4 Å². The normalized spacial score (nSPS) is 18.6. The number of sulfone groups is 1. The molecule has 1 amide bonds. The Labute approximate surface area is 161 Å². The maximum atomic E-state index is 12.7. The van der Waals surface area contributed by atoms with Gasteiger partial charge in [-0.15, -0.1) is 0 Å². The Morgan fingerprint density at radius 2 is 1.96 bits per heavy atom. The number of carbonyl (C=O) groups is 1. The van der Waals surface area contributed by atoms with Crippen molar-refractivity contribution in [2.75, 3.05) is 18.1 Å².